The number of hydrogen-bond donors (Lipinski definition) is 1. The Morgan fingerprint density at radius 2 is 1.83 bits per heavy atom. The molecule has 0 atom stereocenters. The van der Waals surface area contributed by atoms with Crippen LogP contribution >= 0.6 is 0 Å². The molecule has 0 heterocycles. The van der Waals surface area contributed by atoms with E-state index in [0.717, 1.165) is 22.1 Å². The van der Waals surface area contributed by atoms with Crippen molar-refractivity contribution in [3.63, 3.8) is 0 Å². The van der Waals surface area contributed by atoms with Crippen molar-refractivity contribution >= 4 is 10.8 Å². The number of nitrogens with one attached hydrogen (secondary N) is 1. The van der Waals surface area contributed by atoms with Gasteiger partial charge in [-0.05, 0) is 34.5 Å². The first-order chi connectivity index (χ1) is 8.69. The van der Waals surface area contributed by atoms with Gasteiger partial charge in [0.15, 0.2) is 0 Å². The molecule has 96 valence electrons. The van der Waals surface area contributed by atoms with Crippen molar-refractivity contribution in [1.29, 1.82) is 0 Å². The van der Waals surface area contributed by atoms with E-state index in [1.54, 1.807) is 7.11 Å². The molecule has 0 fully saturated rings. The maximum Gasteiger partial charge on any atom is 0.250 e. The van der Waals surface area contributed by atoms with Crippen molar-refractivity contribution in [1.82, 2.24) is 5.32 Å². The van der Waals surface area contributed by atoms with Gasteiger partial charge in [-0.3, -0.25) is 0 Å². The molecule has 1 N–H and O–H groups in total. The quantitative estimate of drug-likeness (QED) is 0.881. The highest BCUT2D eigenvalue weighted by Gasteiger charge is 2.02. The van der Waals surface area contributed by atoms with Crippen LogP contribution in [0.3, 0.4) is 0 Å². The van der Waals surface area contributed by atoms with Gasteiger partial charge in [0.2, 0.25) is 0 Å². The fourth-order valence-corrected chi connectivity index (χ4v) is 1.84. The van der Waals surface area contributed by atoms with Crippen molar-refractivity contribution in [2.75, 3.05) is 13.7 Å². The zero-order chi connectivity index (χ0) is 13.0. The predicted octanol–water partition coefficient (Wildman–Crippen LogP) is 3.20. The molecule has 4 heteroatoms. The average Bonchev–Trinajstić information content (AvgIpc) is 2.37. The molecule has 0 saturated heterocycles. The lowest BCUT2D eigenvalue weighted by atomic mass is 10.1. The monoisotopic (exact) mass is 251 g/mol. The largest absolute Gasteiger partial charge is 0.497 e. The van der Waals surface area contributed by atoms with Crippen molar-refractivity contribution in [2.24, 2.45) is 0 Å². The molecule has 0 aliphatic rings. The van der Waals surface area contributed by atoms with Gasteiger partial charge in [0.05, 0.1) is 13.7 Å². The third kappa shape index (κ3) is 3.17. The Hall–Kier alpha value is -1.68. The highest BCUT2D eigenvalue weighted by molar-refractivity contribution is 5.84. The summed E-state index contributed by atoms with van der Waals surface area (Å²) in [6.07, 6.45) is -2.31. The Morgan fingerprint density at radius 1 is 1.11 bits per heavy atom. The number of ether oxygens (including phenoxy) is 1. The zero-order valence-corrected chi connectivity index (χ0v) is 10.1. The third-order valence-electron chi connectivity index (χ3n) is 2.74. The number of rotatable bonds is 5. The lowest BCUT2D eigenvalue weighted by Gasteiger charge is -2.07. The molecule has 2 aromatic rings. The minimum absolute atomic E-state index is 0.277. The van der Waals surface area contributed by atoms with Gasteiger partial charge in [-0.15, -0.1) is 0 Å². The molecule has 2 rings (SSSR count). The van der Waals surface area contributed by atoms with Crippen LogP contribution in [0.25, 0.3) is 10.8 Å². The molecular weight excluding hydrogens is 236 g/mol. The minimum atomic E-state index is -2.31. The average molecular weight is 251 g/mol. The summed E-state index contributed by atoms with van der Waals surface area (Å²) in [5.41, 5.74) is 0.994. The van der Waals surface area contributed by atoms with Crippen LogP contribution in [0.15, 0.2) is 36.4 Å². The van der Waals surface area contributed by atoms with Crippen molar-refractivity contribution in [2.45, 2.75) is 13.0 Å². The second-order valence-electron chi connectivity index (χ2n) is 4.07. The Morgan fingerprint density at radius 3 is 2.56 bits per heavy atom. The van der Waals surface area contributed by atoms with E-state index in [1.165, 1.54) is 0 Å². The third-order valence-corrected chi connectivity index (χ3v) is 2.74. The standard InChI is InChI=1S/C14H15F2NO/c1-18-13-5-4-11-6-10(2-3-12(11)7-13)8-17-9-14(15)16/h2-7,14,17H,8-9H2,1H3. The van der Waals surface area contributed by atoms with Crippen LogP contribution in [0, 0.1) is 0 Å². The summed E-state index contributed by atoms with van der Waals surface area (Å²) in [6.45, 7) is 0.174. The van der Waals surface area contributed by atoms with Gasteiger partial charge in [-0.2, -0.15) is 0 Å². The molecule has 0 radical (unpaired) electrons. The molecule has 18 heavy (non-hydrogen) atoms. The number of benzene rings is 2. The molecule has 0 aromatic heterocycles. The van der Waals surface area contributed by atoms with Gasteiger partial charge in [-0.1, -0.05) is 18.2 Å². The Bertz CT molecular complexity index is 528. The van der Waals surface area contributed by atoms with Crippen LogP contribution in [0.2, 0.25) is 0 Å². The molecule has 0 amide bonds. The first-order valence-corrected chi connectivity index (χ1v) is 5.74. The Labute approximate surface area is 105 Å². The molecule has 2 aromatic carbocycles. The van der Waals surface area contributed by atoms with Gasteiger partial charge in [0.1, 0.15) is 5.75 Å². The van der Waals surface area contributed by atoms with Crippen LogP contribution in [0.1, 0.15) is 5.56 Å². The summed E-state index contributed by atoms with van der Waals surface area (Å²) in [6, 6.07) is 11.7. The van der Waals surface area contributed by atoms with E-state index in [2.05, 4.69) is 5.32 Å². The molecule has 0 aliphatic heterocycles. The van der Waals surface area contributed by atoms with E-state index in [0.29, 0.717) is 6.54 Å². The summed E-state index contributed by atoms with van der Waals surface area (Å²) in [7, 11) is 1.63. The molecule has 0 bridgehead atoms. The van der Waals surface area contributed by atoms with E-state index >= 15 is 0 Å². The second-order valence-corrected chi connectivity index (χ2v) is 4.07. The fourth-order valence-electron chi connectivity index (χ4n) is 1.84. The maximum absolute atomic E-state index is 12.0. The number of fused-ring (bicyclic) bond motifs is 1. The van der Waals surface area contributed by atoms with E-state index in [4.69, 9.17) is 4.74 Å². The van der Waals surface area contributed by atoms with Gasteiger partial charge < -0.3 is 10.1 Å². The van der Waals surface area contributed by atoms with Crippen molar-refractivity contribution in [3.8, 4) is 5.75 Å². The Kier molecular flexibility index (Phi) is 4.10. The van der Waals surface area contributed by atoms with Crippen LogP contribution in [-0.4, -0.2) is 20.1 Å². The number of alkyl halides is 2. The summed E-state index contributed by atoms with van der Waals surface area (Å²) in [4.78, 5) is 0. The normalized spacial score (nSPS) is 11.1. The molecule has 0 unspecified atom stereocenters. The topological polar surface area (TPSA) is 21.3 Å². The van der Waals surface area contributed by atoms with Gasteiger partial charge in [0, 0.05) is 6.54 Å². The number of methoxy groups -OCH3 is 1. The summed E-state index contributed by atoms with van der Waals surface area (Å²) in [5.74, 6) is 0.811. The van der Waals surface area contributed by atoms with E-state index in [9.17, 15) is 8.78 Å². The van der Waals surface area contributed by atoms with E-state index in [1.807, 2.05) is 36.4 Å². The van der Waals surface area contributed by atoms with Crippen molar-refractivity contribution in [3.05, 3.63) is 42.0 Å². The Balaban J connectivity index is 2.12. The minimum Gasteiger partial charge on any atom is -0.497 e. The lowest BCUT2D eigenvalue weighted by Crippen LogP contribution is -2.20. The predicted molar refractivity (Wildman–Crippen MR) is 68.2 cm³/mol. The lowest BCUT2D eigenvalue weighted by molar-refractivity contribution is 0.145. The second kappa shape index (κ2) is 5.78. The first-order valence-electron chi connectivity index (χ1n) is 5.74. The van der Waals surface area contributed by atoms with Crippen LogP contribution in [-0.2, 0) is 6.54 Å². The highest BCUT2D eigenvalue weighted by Crippen LogP contribution is 2.21. The smallest absolute Gasteiger partial charge is 0.250 e. The maximum atomic E-state index is 12.0. The van der Waals surface area contributed by atoms with Gasteiger partial charge in [-0.25, -0.2) is 8.78 Å². The summed E-state index contributed by atoms with van der Waals surface area (Å²) >= 11 is 0. The SMILES string of the molecule is COc1ccc2cc(CNCC(F)F)ccc2c1. The van der Waals surface area contributed by atoms with E-state index < -0.39 is 6.43 Å². The fraction of sp³-hybridized carbons (Fsp3) is 0.286. The highest BCUT2D eigenvalue weighted by atomic mass is 19.3. The van der Waals surface area contributed by atoms with Gasteiger partial charge in [0.25, 0.3) is 6.43 Å². The van der Waals surface area contributed by atoms with Crippen LogP contribution in [0.5, 0.6) is 5.75 Å². The molecule has 0 saturated carbocycles. The summed E-state index contributed by atoms with van der Waals surface area (Å²) < 4.78 is 29.1. The molecular formula is C14H15F2NO. The molecule has 0 aliphatic carbocycles. The number of halogens is 2. The first kappa shape index (κ1) is 12.8. The van der Waals surface area contributed by atoms with E-state index in [-0.39, 0.29) is 6.54 Å². The molecule has 2 nitrogen and oxygen atoms in total. The van der Waals surface area contributed by atoms with Gasteiger partial charge >= 0.3 is 0 Å². The summed E-state index contributed by atoms with van der Waals surface area (Å²) in [5, 5.41) is 4.87. The van der Waals surface area contributed by atoms with Crippen molar-refractivity contribution < 1.29 is 13.5 Å². The van der Waals surface area contributed by atoms with Crippen LogP contribution < -0.4 is 10.1 Å². The zero-order valence-electron chi connectivity index (χ0n) is 10.1. The molecule has 0 spiro atoms. The number of hydrogen-bond acceptors (Lipinski definition) is 2. The van der Waals surface area contributed by atoms with Crippen LogP contribution in [0.4, 0.5) is 8.78 Å².